The number of carbonyl (C=O) groups excluding carboxylic acids is 1. The minimum Gasteiger partial charge on any atom is -0.399 e. The molecule has 0 heterocycles. The second-order valence-electron chi connectivity index (χ2n) is 6.40. The van der Waals surface area contributed by atoms with Gasteiger partial charge in [0.25, 0.3) is 0 Å². The Bertz CT molecular complexity index is 507. The number of hydrogen-bond acceptors (Lipinski definition) is 2. The fourth-order valence-electron chi connectivity index (χ4n) is 1.67. The van der Waals surface area contributed by atoms with E-state index in [0.29, 0.717) is 5.69 Å². The third-order valence-electron chi connectivity index (χ3n) is 3.04. The fraction of sp³-hybridized carbons (Fsp3) is 0.471. The first-order chi connectivity index (χ1) is 8.63. The quantitative estimate of drug-likeness (QED) is 0.664. The van der Waals surface area contributed by atoms with Crippen LogP contribution in [0.3, 0.4) is 0 Å². The molecule has 0 aromatic heterocycles. The predicted octanol–water partition coefficient (Wildman–Crippen LogP) is 3.56. The van der Waals surface area contributed by atoms with Crippen LogP contribution in [0, 0.1) is 17.3 Å². The van der Waals surface area contributed by atoms with Crippen molar-refractivity contribution < 1.29 is 4.79 Å². The fourth-order valence-corrected chi connectivity index (χ4v) is 1.67. The lowest BCUT2D eigenvalue weighted by Gasteiger charge is -2.23. The molecule has 0 radical (unpaired) electrons. The molecule has 0 saturated carbocycles. The van der Waals surface area contributed by atoms with Gasteiger partial charge in [0.05, 0.1) is 6.42 Å². The SMILES string of the molecule is CC(C)(C)C#CCC(=O)C(C)(C)c1ccc(N)cc1. The molecule has 2 heteroatoms. The Hall–Kier alpha value is -1.75. The monoisotopic (exact) mass is 257 g/mol. The minimum atomic E-state index is -0.528. The topological polar surface area (TPSA) is 43.1 Å². The lowest BCUT2D eigenvalue weighted by atomic mass is 9.79. The molecular formula is C17H23NO. The van der Waals surface area contributed by atoms with E-state index in [1.807, 2.05) is 58.9 Å². The summed E-state index contributed by atoms with van der Waals surface area (Å²) in [6, 6.07) is 7.46. The molecule has 2 N–H and O–H groups in total. The first-order valence-corrected chi connectivity index (χ1v) is 6.52. The molecule has 0 unspecified atom stereocenters. The number of carbonyl (C=O) groups is 1. The van der Waals surface area contributed by atoms with Crippen molar-refractivity contribution in [2.75, 3.05) is 5.73 Å². The van der Waals surface area contributed by atoms with Crippen molar-refractivity contribution in [3.05, 3.63) is 29.8 Å². The van der Waals surface area contributed by atoms with Crippen LogP contribution in [0.4, 0.5) is 5.69 Å². The van der Waals surface area contributed by atoms with E-state index in [4.69, 9.17) is 5.73 Å². The van der Waals surface area contributed by atoms with Gasteiger partial charge in [-0.15, -0.1) is 0 Å². The maximum Gasteiger partial charge on any atom is 0.154 e. The number of hydrogen-bond donors (Lipinski definition) is 1. The number of Topliss-reactive ketones (excluding diaryl/α,β-unsaturated/α-hetero) is 1. The normalized spacial score (nSPS) is 11.6. The highest BCUT2D eigenvalue weighted by Gasteiger charge is 2.28. The molecule has 0 fully saturated rings. The third kappa shape index (κ3) is 4.44. The van der Waals surface area contributed by atoms with Crippen LogP contribution >= 0.6 is 0 Å². The van der Waals surface area contributed by atoms with Crippen LogP contribution in [0.25, 0.3) is 0 Å². The number of anilines is 1. The Kier molecular flexibility index (Phi) is 4.42. The van der Waals surface area contributed by atoms with Gasteiger partial charge in [0.2, 0.25) is 0 Å². The lowest BCUT2D eigenvalue weighted by molar-refractivity contribution is -0.122. The third-order valence-corrected chi connectivity index (χ3v) is 3.04. The van der Waals surface area contributed by atoms with E-state index in [1.54, 1.807) is 0 Å². The van der Waals surface area contributed by atoms with Crippen LogP contribution in [-0.4, -0.2) is 5.78 Å². The summed E-state index contributed by atoms with van der Waals surface area (Å²) in [4.78, 5) is 12.3. The molecule has 0 atom stereocenters. The van der Waals surface area contributed by atoms with Gasteiger partial charge < -0.3 is 5.73 Å². The molecule has 19 heavy (non-hydrogen) atoms. The van der Waals surface area contributed by atoms with Crippen molar-refractivity contribution >= 4 is 11.5 Å². The van der Waals surface area contributed by atoms with Crippen molar-refractivity contribution in [3.63, 3.8) is 0 Å². The van der Waals surface area contributed by atoms with E-state index in [1.165, 1.54) is 0 Å². The van der Waals surface area contributed by atoms with Gasteiger partial charge >= 0.3 is 0 Å². The summed E-state index contributed by atoms with van der Waals surface area (Å²) in [5, 5.41) is 0. The average molecular weight is 257 g/mol. The smallest absolute Gasteiger partial charge is 0.154 e. The van der Waals surface area contributed by atoms with E-state index in [-0.39, 0.29) is 17.6 Å². The summed E-state index contributed by atoms with van der Waals surface area (Å²) in [5.74, 6) is 6.22. The number of rotatable bonds is 3. The van der Waals surface area contributed by atoms with Gasteiger partial charge in [-0.1, -0.05) is 24.0 Å². The second-order valence-corrected chi connectivity index (χ2v) is 6.40. The first kappa shape index (κ1) is 15.3. The molecule has 0 spiro atoms. The van der Waals surface area contributed by atoms with Gasteiger partial charge in [0, 0.05) is 16.5 Å². The molecule has 0 bridgehead atoms. The van der Waals surface area contributed by atoms with Crippen LogP contribution < -0.4 is 5.73 Å². The van der Waals surface area contributed by atoms with Crippen LogP contribution in [0.15, 0.2) is 24.3 Å². The molecule has 1 aromatic rings. The van der Waals surface area contributed by atoms with E-state index in [9.17, 15) is 4.79 Å². The molecule has 1 rings (SSSR count). The number of ketones is 1. The molecule has 0 aliphatic carbocycles. The number of benzene rings is 1. The predicted molar refractivity (Wildman–Crippen MR) is 80.7 cm³/mol. The Labute approximate surface area is 116 Å². The average Bonchev–Trinajstić information content (AvgIpc) is 2.27. The highest BCUT2D eigenvalue weighted by Crippen LogP contribution is 2.26. The van der Waals surface area contributed by atoms with E-state index in [0.717, 1.165) is 5.56 Å². The summed E-state index contributed by atoms with van der Waals surface area (Å²) in [7, 11) is 0. The molecule has 102 valence electrons. The minimum absolute atomic E-state index is 0.0639. The molecule has 1 aromatic carbocycles. The van der Waals surface area contributed by atoms with E-state index in [2.05, 4.69) is 11.8 Å². The first-order valence-electron chi connectivity index (χ1n) is 6.52. The highest BCUT2D eigenvalue weighted by atomic mass is 16.1. The molecule has 0 amide bonds. The summed E-state index contributed by atoms with van der Waals surface area (Å²) < 4.78 is 0. The second kappa shape index (κ2) is 5.48. The zero-order valence-electron chi connectivity index (χ0n) is 12.5. The summed E-state index contributed by atoms with van der Waals surface area (Å²) in [5.41, 5.74) is 6.76. The van der Waals surface area contributed by atoms with Gasteiger partial charge in [0.1, 0.15) is 0 Å². The van der Waals surface area contributed by atoms with Crippen molar-refractivity contribution in [2.24, 2.45) is 5.41 Å². The van der Waals surface area contributed by atoms with Crippen LogP contribution in [0.2, 0.25) is 0 Å². The lowest BCUT2D eigenvalue weighted by Crippen LogP contribution is -2.28. The summed E-state index contributed by atoms with van der Waals surface area (Å²) in [6.07, 6.45) is 0.286. The van der Waals surface area contributed by atoms with Crippen molar-refractivity contribution in [1.29, 1.82) is 0 Å². The maximum absolute atomic E-state index is 12.3. The molecule has 0 aliphatic rings. The summed E-state index contributed by atoms with van der Waals surface area (Å²) in [6.45, 7) is 9.97. The van der Waals surface area contributed by atoms with E-state index < -0.39 is 5.41 Å². The van der Waals surface area contributed by atoms with Crippen molar-refractivity contribution in [1.82, 2.24) is 0 Å². The van der Waals surface area contributed by atoms with Crippen LogP contribution in [0.5, 0.6) is 0 Å². The van der Waals surface area contributed by atoms with Gasteiger partial charge in [-0.05, 0) is 52.3 Å². The maximum atomic E-state index is 12.3. The molecule has 0 saturated heterocycles. The standard InChI is InChI=1S/C17H23NO/c1-16(2,3)12-6-7-15(19)17(4,5)13-8-10-14(18)11-9-13/h8-11H,7,18H2,1-5H3. The van der Waals surface area contributed by atoms with E-state index >= 15 is 0 Å². The van der Waals surface area contributed by atoms with Crippen LogP contribution in [-0.2, 0) is 10.2 Å². The number of nitrogen functional groups attached to an aromatic ring is 1. The van der Waals surface area contributed by atoms with Gasteiger partial charge in [-0.3, -0.25) is 4.79 Å². The van der Waals surface area contributed by atoms with Crippen molar-refractivity contribution in [2.45, 2.75) is 46.5 Å². The zero-order chi connectivity index (χ0) is 14.7. The molecule has 0 aliphatic heterocycles. The van der Waals surface area contributed by atoms with Gasteiger partial charge in [0.15, 0.2) is 5.78 Å². The molecule has 2 nitrogen and oxygen atoms in total. The van der Waals surface area contributed by atoms with Gasteiger partial charge in [-0.25, -0.2) is 0 Å². The Morgan fingerprint density at radius 2 is 1.63 bits per heavy atom. The number of nitrogens with two attached hydrogens (primary N) is 1. The Morgan fingerprint density at radius 1 is 1.11 bits per heavy atom. The molecular weight excluding hydrogens is 234 g/mol. The van der Waals surface area contributed by atoms with Crippen molar-refractivity contribution in [3.8, 4) is 11.8 Å². The Morgan fingerprint density at radius 3 is 2.11 bits per heavy atom. The summed E-state index contributed by atoms with van der Waals surface area (Å²) >= 11 is 0. The van der Waals surface area contributed by atoms with Crippen LogP contribution in [0.1, 0.15) is 46.6 Å². The largest absolute Gasteiger partial charge is 0.399 e. The van der Waals surface area contributed by atoms with Gasteiger partial charge in [-0.2, -0.15) is 0 Å². The Balaban J connectivity index is 2.85. The highest BCUT2D eigenvalue weighted by molar-refractivity contribution is 5.91. The zero-order valence-corrected chi connectivity index (χ0v) is 12.5.